The van der Waals surface area contributed by atoms with Crippen LogP contribution in [0.4, 0.5) is 13.2 Å². The molecule has 3 rings (SSSR count). The molecule has 25 heavy (non-hydrogen) atoms. The van der Waals surface area contributed by atoms with E-state index in [1.54, 1.807) is 6.07 Å². The maximum absolute atomic E-state index is 13.4. The largest absolute Gasteiger partial charge is 0.423 e. The number of amides is 1. The second-order valence-corrected chi connectivity index (χ2v) is 6.47. The van der Waals surface area contributed by atoms with Gasteiger partial charge in [0.2, 0.25) is 11.5 Å². The Morgan fingerprint density at radius 1 is 1.24 bits per heavy atom. The minimum Gasteiger partial charge on any atom is -0.375 e. The number of piperidine rings is 1. The normalized spacial score (nSPS) is 28.9. The molecule has 1 aromatic carbocycles. The summed E-state index contributed by atoms with van der Waals surface area (Å²) in [5, 5.41) is 15.7. The van der Waals surface area contributed by atoms with Crippen LogP contribution in [0.3, 0.4) is 0 Å². The van der Waals surface area contributed by atoms with Crippen LogP contribution in [0.25, 0.3) is 0 Å². The van der Waals surface area contributed by atoms with Crippen molar-refractivity contribution in [2.24, 2.45) is 5.92 Å². The van der Waals surface area contributed by atoms with Gasteiger partial charge in [-0.05, 0) is 18.5 Å². The van der Waals surface area contributed by atoms with Gasteiger partial charge in [0.25, 0.3) is 0 Å². The summed E-state index contributed by atoms with van der Waals surface area (Å²) in [5.41, 5.74) is 2.41. The second kappa shape index (κ2) is 6.91. The molecule has 0 bridgehead atoms. The number of benzene rings is 1. The van der Waals surface area contributed by atoms with Crippen LogP contribution in [0, 0.1) is 5.92 Å². The topological polar surface area (TPSA) is 85.4 Å². The molecule has 1 aromatic rings. The number of carbonyl (C=O) groups excluding carboxylic acids is 1. The molecule has 9 heteroatoms. The van der Waals surface area contributed by atoms with Crippen molar-refractivity contribution in [2.75, 3.05) is 19.6 Å². The van der Waals surface area contributed by atoms with Gasteiger partial charge in [0, 0.05) is 18.5 Å². The summed E-state index contributed by atoms with van der Waals surface area (Å²) in [4.78, 5) is 12.4. The zero-order valence-electron chi connectivity index (χ0n) is 13.4. The first-order valence-electron chi connectivity index (χ1n) is 8.17. The van der Waals surface area contributed by atoms with Crippen molar-refractivity contribution in [3.8, 4) is 0 Å². The summed E-state index contributed by atoms with van der Waals surface area (Å²) in [5.74, 6) is -0.619. The number of hydrogen-bond donors (Lipinski definition) is 5. The number of halogens is 3. The Balaban J connectivity index is 1.70. The third-order valence-corrected chi connectivity index (χ3v) is 4.90. The third kappa shape index (κ3) is 3.50. The standard InChI is InChI=1S/C16H21F3N4O2/c17-16(18,19)15(25,10-4-2-1-3-5-10)9-21-14(24)13-11-8-20-7-6-12(11)22-23-13/h1-5,11-13,20,22-23,25H,6-9H2,(H,21,24). The summed E-state index contributed by atoms with van der Waals surface area (Å²) in [6, 6.07) is 6.22. The molecule has 138 valence electrons. The first-order chi connectivity index (χ1) is 11.8. The predicted molar refractivity (Wildman–Crippen MR) is 84.2 cm³/mol. The minimum absolute atomic E-state index is 0.0514. The molecule has 4 atom stereocenters. The Morgan fingerprint density at radius 2 is 1.96 bits per heavy atom. The maximum atomic E-state index is 13.4. The lowest BCUT2D eigenvalue weighted by atomic mass is 9.88. The third-order valence-electron chi connectivity index (χ3n) is 4.90. The van der Waals surface area contributed by atoms with Crippen LogP contribution in [0.1, 0.15) is 12.0 Å². The lowest BCUT2D eigenvalue weighted by molar-refractivity contribution is -0.264. The molecule has 2 heterocycles. The molecule has 0 aliphatic carbocycles. The van der Waals surface area contributed by atoms with Gasteiger partial charge in [-0.25, -0.2) is 5.43 Å². The number of aliphatic hydroxyl groups is 1. The lowest BCUT2D eigenvalue weighted by Crippen LogP contribution is -2.55. The van der Waals surface area contributed by atoms with E-state index < -0.39 is 30.3 Å². The highest BCUT2D eigenvalue weighted by atomic mass is 19.4. The van der Waals surface area contributed by atoms with Gasteiger partial charge >= 0.3 is 6.18 Å². The van der Waals surface area contributed by atoms with E-state index in [0.717, 1.165) is 13.0 Å². The SMILES string of the molecule is O=C(NCC(O)(c1ccccc1)C(F)(F)F)C1NNC2CCNCC21. The molecule has 0 aromatic heterocycles. The van der Waals surface area contributed by atoms with E-state index in [1.165, 1.54) is 24.3 Å². The Labute approximate surface area is 143 Å². The van der Waals surface area contributed by atoms with Gasteiger partial charge < -0.3 is 15.7 Å². The summed E-state index contributed by atoms with van der Waals surface area (Å²) in [6.07, 6.45) is -4.09. The van der Waals surface area contributed by atoms with Gasteiger partial charge in [-0.3, -0.25) is 10.2 Å². The van der Waals surface area contributed by atoms with E-state index in [1.807, 2.05) is 0 Å². The molecule has 4 unspecified atom stereocenters. The van der Waals surface area contributed by atoms with Crippen LogP contribution < -0.4 is 21.5 Å². The molecule has 0 radical (unpaired) electrons. The quantitative estimate of drug-likeness (QED) is 0.524. The van der Waals surface area contributed by atoms with E-state index in [-0.39, 0.29) is 17.5 Å². The van der Waals surface area contributed by atoms with Crippen molar-refractivity contribution < 1.29 is 23.1 Å². The molecule has 6 nitrogen and oxygen atoms in total. The van der Waals surface area contributed by atoms with Crippen LogP contribution in [-0.2, 0) is 10.4 Å². The average molecular weight is 358 g/mol. The molecular weight excluding hydrogens is 337 g/mol. The van der Waals surface area contributed by atoms with Crippen LogP contribution >= 0.6 is 0 Å². The Kier molecular flexibility index (Phi) is 5.01. The highest BCUT2D eigenvalue weighted by molar-refractivity contribution is 5.82. The van der Waals surface area contributed by atoms with Gasteiger partial charge in [-0.1, -0.05) is 30.3 Å². The van der Waals surface area contributed by atoms with E-state index in [4.69, 9.17) is 0 Å². The number of alkyl halides is 3. The van der Waals surface area contributed by atoms with E-state index in [0.29, 0.717) is 6.54 Å². The molecule has 0 spiro atoms. The van der Waals surface area contributed by atoms with Gasteiger partial charge in [-0.15, -0.1) is 0 Å². The summed E-state index contributed by atoms with van der Waals surface area (Å²) in [6.45, 7) is 0.485. The maximum Gasteiger partial charge on any atom is 0.423 e. The van der Waals surface area contributed by atoms with Gasteiger partial charge in [0.05, 0.1) is 6.54 Å². The molecule has 2 saturated heterocycles. The van der Waals surface area contributed by atoms with E-state index >= 15 is 0 Å². The van der Waals surface area contributed by atoms with Crippen LogP contribution in [-0.4, -0.2) is 48.9 Å². The van der Waals surface area contributed by atoms with Crippen molar-refractivity contribution >= 4 is 5.91 Å². The Hall–Kier alpha value is -1.68. The van der Waals surface area contributed by atoms with E-state index in [9.17, 15) is 23.1 Å². The number of rotatable bonds is 4. The fraction of sp³-hybridized carbons (Fsp3) is 0.562. The smallest absolute Gasteiger partial charge is 0.375 e. The molecule has 2 aliphatic heterocycles. The monoisotopic (exact) mass is 358 g/mol. The highest BCUT2D eigenvalue weighted by Gasteiger charge is 2.55. The van der Waals surface area contributed by atoms with Crippen molar-refractivity contribution in [1.82, 2.24) is 21.5 Å². The van der Waals surface area contributed by atoms with Crippen LogP contribution in [0.15, 0.2) is 30.3 Å². The van der Waals surface area contributed by atoms with Crippen LogP contribution in [0.5, 0.6) is 0 Å². The molecule has 0 saturated carbocycles. The van der Waals surface area contributed by atoms with Crippen LogP contribution in [0.2, 0.25) is 0 Å². The molecule has 2 fully saturated rings. The summed E-state index contributed by atoms with van der Waals surface area (Å²) < 4.78 is 40.3. The number of hydrogen-bond acceptors (Lipinski definition) is 5. The number of nitrogens with one attached hydrogen (secondary N) is 4. The van der Waals surface area contributed by atoms with Gasteiger partial charge in [0.1, 0.15) is 6.04 Å². The van der Waals surface area contributed by atoms with E-state index in [2.05, 4.69) is 21.5 Å². The molecule has 2 aliphatic rings. The van der Waals surface area contributed by atoms with Gasteiger partial charge in [-0.2, -0.15) is 13.2 Å². The fourth-order valence-electron chi connectivity index (χ4n) is 3.38. The second-order valence-electron chi connectivity index (χ2n) is 6.47. The van der Waals surface area contributed by atoms with Gasteiger partial charge in [0.15, 0.2) is 0 Å². The first-order valence-corrected chi connectivity index (χ1v) is 8.17. The average Bonchev–Trinajstić information content (AvgIpc) is 3.03. The first kappa shape index (κ1) is 18.1. The zero-order chi connectivity index (χ0) is 18.1. The highest BCUT2D eigenvalue weighted by Crippen LogP contribution is 2.38. The number of carbonyl (C=O) groups is 1. The molecular formula is C16H21F3N4O2. The minimum atomic E-state index is -4.92. The zero-order valence-corrected chi connectivity index (χ0v) is 13.4. The Morgan fingerprint density at radius 3 is 2.64 bits per heavy atom. The fourth-order valence-corrected chi connectivity index (χ4v) is 3.38. The molecule has 1 amide bonds. The lowest BCUT2D eigenvalue weighted by Gasteiger charge is -2.32. The Bertz CT molecular complexity index is 613. The predicted octanol–water partition coefficient (Wildman–Crippen LogP) is 0.00720. The number of hydrazine groups is 1. The van der Waals surface area contributed by atoms with Crippen molar-refractivity contribution in [1.29, 1.82) is 0 Å². The summed E-state index contributed by atoms with van der Waals surface area (Å²) >= 11 is 0. The van der Waals surface area contributed by atoms with Crippen molar-refractivity contribution in [2.45, 2.75) is 30.3 Å². The van der Waals surface area contributed by atoms with Crippen molar-refractivity contribution in [3.63, 3.8) is 0 Å². The number of fused-ring (bicyclic) bond motifs is 1. The summed E-state index contributed by atoms with van der Waals surface area (Å²) in [7, 11) is 0. The molecule has 5 N–H and O–H groups in total. The van der Waals surface area contributed by atoms with Crippen molar-refractivity contribution in [3.05, 3.63) is 35.9 Å².